The van der Waals surface area contributed by atoms with Crippen LogP contribution in [0.15, 0.2) is 0 Å². The molecule has 2 heterocycles. The Labute approximate surface area is 128 Å². The zero-order valence-corrected chi connectivity index (χ0v) is 13.3. The molecule has 1 aliphatic carbocycles. The lowest BCUT2D eigenvalue weighted by Crippen LogP contribution is -2.43. The van der Waals surface area contributed by atoms with E-state index in [1.807, 2.05) is 6.92 Å². The second kappa shape index (κ2) is 5.75. The predicted molar refractivity (Wildman–Crippen MR) is 82.3 cm³/mol. The van der Waals surface area contributed by atoms with E-state index in [0.29, 0.717) is 11.7 Å². The van der Waals surface area contributed by atoms with E-state index in [1.165, 1.54) is 16.2 Å². The van der Waals surface area contributed by atoms with Gasteiger partial charge in [-0.05, 0) is 39.0 Å². The van der Waals surface area contributed by atoms with Gasteiger partial charge in [0.1, 0.15) is 6.04 Å². The summed E-state index contributed by atoms with van der Waals surface area (Å²) in [6.07, 6.45) is 4.56. The van der Waals surface area contributed by atoms with Crippen molar-refractivity contribution >= 4 is 28.3 Å². The van der Waals surface area contributed by atoms with Gasteiger partial charge < -0.3 is 10.2 Å². The number of thiazole rings is 1. The lowest BCUT2D eigenvalue weighted by Gasteiger charge is -2.23. The number of aryl methyl sites for hydroxylation is 2. The maximum Gasteiger partial charge on any atom is 0.248 e. The number of amides is 2. The molecule has 1 aromatic rings. The Kier molecular flexibility index (Phi) is 3.97. The zero-order valence-electron chi connectivity index (χ0n) is 12.5. The fourth-order valence-electron chi connectivity index (χ4n) is 2.87. The minimum absolute atomic E-state index is 0.0853. The van der Waals surface area contributed by atoms with Crippen molar-refractivity contribution in [1.82, 2.24) is 9.88 Å². The number of nitrogens with one attached hydrogen (secondary N) is 1. The molecule has 0 spiro atoms. The van der Waals surface area contributed by atoms with Crippen LogP contribution in [0.1, 0.15) is 43.2 Å². The van der Waals surface area contributed by atoms with Crippen LogP contribution in [-0.4, -0.2) is 34.3 Å². The third-order valence-corrected chi connectivity index (χ3v) is 5.43. The Morgan fingerprint density at radius 1 is 1.38 bits per heavy atom. The van der Waals surface area contributed by atoms with Crippen molar-refractivity contribution in [2.75, 3.05) is 11.9 Å². The zero-order chi connectivity index (χ0) is 15.0. The van der Waals surface area contributed by atoms with Gasteiger partial charge in [-0.3, -0.25) is 9.59 Å². The summed E-state index contributed by atoms with van der Waals surface area (Å²) in [4.78, 5) is 32.0. The van der Waals surface area contributed by atoms with Crippen molar-refractivity contribution in [2.24, 2.45) is 5.92 Å². The summed E-state index contributed by atoms with van der Waals surface area (Å²) < 4.78 is 0. The first-order valence-electron chi connectivity index (χ1n) is 7.67. The molecule has 0 unspecified atom stereocenters. The molecular weight excluding hydrogens is 286 g/mol. The Balaban J connectivity index is 1.67. The van der Waals surface area contributed by atoms with Crippen molar-refractivity contribution in [3.8, 4) is 0 Å². The predicted octanol–water partition coefficient (Wildman–Crippen LogP) is 2.35. The Morgan fingerprint density at radius 3 is 2.76 bits per heavy atom. The van der Waals surface area contributed by atoms with Crippen molar-refractivity contribution < 1.29 is 9.59 Å². The molecule has 21 heavy (non-hydrogen) atoms. The van der Waals surface area contributed by atoms with Crippen LogP contribution in [0.25, 0.3) is 0 Å². The molecule has 1 atom stereocenters. The molecule has 1 aliphatic heterocycles. The van der Waals surface area contributed by atoms with E-state index in [0.717, 1.165) is 37.8 Å². The van der Waals surface area contributed by atoms with Gasteiger partial charge in [-0.25, -0.2) is 4.98 Å². The van der Waals surface area contributed by atoms with Crippen molar-refractivity contribution in [1.29, 1.82) is 0 Å². The minimum atomic E-state index is -0.313. The van der Waals surface area contributed by atoms with E-state index in [4.69, 9.17) is 0 Å². The highest BCUT2D eigenvalue weighted by molar-refractivity contribution is 7.15. The van der Waals surface area contributed by atoms with Gasteiger partial charge in [-0.2, -0.15) is 0 Å². The van der Waals surface area contributed by atoms with Crippen molar-refractivity contribution in [2.45, 2.75) is 52.0 Å². The van der Waals surface area contributed by atoms with Crippen LogP contribution in [0.2, 0.25) is 0 Å². The quantitative estimate of drug-likeness (QED) is 0.929. The van der Waals surface area contributed by atoms with E-state index >= 15 is 0 Å². The first-order valence-corrected chi connectivity index (χ1v) is 8.49. The van der Waals surface area contributed by atoms with E-state index in [1.54, 1.807) is 4.90 Å². The van der Waals surface area contributed by atoms with Gasteiger partial charge in [-0.1, -0.05) is 6.92 Å². The summed E-state index contributed by atoms with van der Waals surface area (Å²) in [6.45, 7) is 4.76. The molecular formula is C15H21N3O2S. The first-order chi connectivity index (χ1) is 10.1. The molecule has 2 fully saturated rings. The largest absolute Gasteiger partial charge is 0.330 e. The molecule has 2 amide bonds. The molecule has 114 valence electrons. The molecule has 5 nitrogen and oxygen atoms in total. The molecule has 0 bridgehead atoms. The number of rotatable bonds is 4. The maximum atomic E-state index is 12.4. The van der Waals surface area contributed by atoms with Crippen LogP contribution in [0.5, 0.6) is 0 Å². The minimum Gasteiger partial charge on any atom is -0.330 e. The van der Waals surface area contributed by atoms with Gasteiger partial charge in [0.15, 0.2) is 5.13 Å². The van der Waals surface area contributed by atoms with Gasteiger partial charge in [-0.15, -0.1) is 11.3 Å². The SMILES string of the molecule is CCc1sc(NC(=O)[C@@H]2CCCN2C(=O)C2CC2)nc1C. The molecule has 0 radical (unpaired) electrons. The lowest BCUT2D eigenvalue weighted by atomic mass is 10.2. The summed E-state index contributed by atoms with van der Waals surface area (Å²) in [5, 5.41) is 3.55. The number of likely N-dealkylation sites (tertiary alicyclic amines) is 1. The molecule has 0 aromatic carbocycles. The van der Waals surface area contributed by atoms with Gasteiger partial charge in [0.2, 0.25) is 11.8 Å². The highest BCUT2D eigenvalue weighted by Gasteiger charge is 2.40. The Hall–Kier alpha value is -1.43. The van der Waals surface area contributed by atoms with Crippen LogP contribution in [0.3, 0.4) is 0 Å². The van der Waals surface area contributed by atoms with Crippen molar-refractivity contribution in [3.05, 3.63) is 10.6 Å². The van der Waals surface area contributed by atoms with Crippen LogP contribution >= 0.6 is 11.3 Å². The highest BCUT2D eigenvalue weighted by Crippen LogP contribution is 2.34. The Morgan fingerprint density at radius 2 is 2.14 bits per heavy atom. The van der Waals surface area contributed by atoms with Gasteiger partial charge >= 0.3 is 0 Å². The average molecular weight is 307 g/mol. The molecule has 6 heteroatoms. The molecule has 3 rings (SSSR count). The second-order valence-electron chi connectivity index (χ2n) is 5.83. The van der Waals surface area contributed by atoms with Crippen LogP contribution in [0.4, 0.5) is 5.13 Å². The number of nitrogens with zero attached hydrogens (tertiary/aromatic N) is 2. The average Bonchev–Trinajstić information content (AvgIpc) is 3.08. The fraction of sp³-hybridized carbons (Fsp3) is 0.667. The molecule has 1 N–H and O–H groups in total. The summed E-state index contributed by atoms with van der Waals surface area (Å²) in [5.74, 6) is 0.252. The second-order valence-corrected chi connectivity index (χ2v) is 6.92. The third-order valence-electron chi connectivity index (χ3n) is 4.21. The smallest absolute Gasteiger partial charge is 0.248 e. The monoisotopic (exact) mass is 307 g/mol. The van der Waals surface area contributed by atoms with E-state index < -0.39 is 0 Å². The maximum absolute atomic E-state index is 12.4. The number of aromatic nitrogens is 1. The molecule has 1 saturated heterocycles. The number of carbonyl (C=O) groups is 2. The molecule has 2 aliphatic rings. The van der Waals surface area contributed by atoms with Crippen molar-refractivity contribution in [3.63, 3.8) is 0 Å². The van der Waals surface area contributed by atoms with Crippen LogP contribution in [0, 0.1) is 12.8 Å². The summed E-state index contributed by atoms with van der Waals surface area (Å²) in [7, 11) is 0. The van der Waals surface area contributed by atoms with Gasteiger partial charge in [0.25, 0.3) is 0 Å². The first kappa shape index (κ1) is 14.5. The fourth-order valence-corrected chi connectivity index (χ4v) is 3.77. The van der Waals surface area contributed by atoms with Crippen LogP contribution < -0.4 is 5.32 Å². The lowest BCUT2D eigenvalue weighted by molar-refractivity contribution is -0.137. The number of carbonyl (C=O) groups excluding carboxylic acids is 2. The van der Waals surface area contributed by atoms with Gasteiger partial charge in [0, 0.05) is 17.3 Å². The number of anilines is 1. The number of hydrogen-bond acceptors (Lipinski definition) is 4. The summed E-state index contributed by atoms with van der Waals surface area (Å²) >= 11 is 1.53. The van der Waals surface area contributed by atoms with Crippen LogP contribution in [-0.2, 0) is 16.0 Å². The summed E-state index contributed by atoms with van der Waals surface area (Å²) in [5.41, 5.74) is 0.982. The normalized spacial score (nSPS) is 21.6. The van der Waals surface area contributed by atoms with E-state index in [9.17, 15) is 9.59 Å². The standard InChI is InChI=1S/C15H21N3O2S/c1-3-12-9(2)16-15(21-12)17-13(19)11-5-4-8-18(11)14(20)10-6-7-10/h10-11H,3-8H2,1-2H3,(H,16,17,19)/t11-/m0/s1. The molecule has 1 saturated carbocycles. The highest BCUT2D eigenvalue weighted by atomic mass is 32.1. The van der Waals surface area contributed by atoms with Gasteiger partial charge in [0.05, 0.1) is 5.69 Å². The van der Waals surface area contributed by atoms with E-state index in [2.05, 4.69) is 17.2 Å². The molecule has 1 aromatic heterocycles. The summed E-state index contributed by atoms with van der Waals surface area (Å²) in [6, 6.07) is -0.313. The van der Waals surface area contributed by atoms with E-state index in [-0.39, 0.29) is 23.8 Å². The number of hydrogen-bond donors (Lipinski definition) is 1. The third kappa shape index (κ3) is 2.95. The Bertz CT molecular complexity index is 565. The topological polar surface area (TPSA) is 62.3 Å².